The predicted molar refractivity (Wildman–Crippen MR) is 117 cm³/mol. The molecule has 7 heteroatoms. The van der Waals surface area contributed by atoms with Crippen LogP contribution in [0.15, 0.2) is 89.4 Å². The molecule has 30 heavy (non-hydrogen) atoms. The van der Waals surface area contributed by atoms with Gasteiger partial charge in [0.05, 0.1) is 5.70 Å². The first-order chi connectivity index (χ1) is 14.8. The highest BCUT2D eigenvalue weighted by Crippen LogP contribution is 2.50. The number of hydrogen-bond donors (Lipinski definition) is 1. The maximum atomic E-state index is 6.59. The van der Waals surface area contributed by atoms with Crippen molar-refractivity contribution in [3.63, 3.8) is 0 Å². The standard InChI is InChI=1S/C23H16BrN5O/c24-16-7-3-5-14(11-16)22-19-20(17-8-1-2-9-18(17)30-22)28-23-26-13-27-29(23)21(19)15-6-4-10-25-12-15/h1-13,21-22H,(H,26,27,28). The van der Waals surface area contributed by atoms with Crippen molar-refractivity contribution in [1.29, 1.82) is 0 Å². The van der Waals surface area contributed by atoms with Gasteiger partial charge in [-0.15, -0.1) is 0 Å². The minimum atomic E-state index is -0.289. The number of pyridine rings is 1. The molecule has 0 bridgehead atoms. The minimum absolute atomic E-state index is 0.190. The van der Waals surface area contributed by atoms with E-state index in [-0.39, 0.29) is 12.1 Å². The zero-order chi connectivity index (χ0) is 20.1. The van der Waals surface area contributed by atoms with Crippen LogP contribution in [0.2, 0.25) is 0 Å². The largest absolute Gasteiger partial charge is 0.480 e. The van der Waals surface area contributed by atoms with Crippen molar-refractivity contribution in [2.24, 2.45) is 0 Å². The summed E-state index contributed by atoms with van der Waals surface area (Å²) in [5.74, 6) is 1.54. The fraction of sp³-hybridized carbons (Fsp3) is 0.0870. The van der Waals surface area contributed by atoms with Crippen LogP contribution in [0.25, 0.3) is 5.70 Å². The molecule has 2 aromatic carbocycles. The van der Waals surface area contributed by atoms with E-state index in [1.165, 1.54) is 0 Å². The molecular formula is C23H16BrN5O. The van der Waals surface area contributed by atoms with Crippen LogP contribution in [0.3, 0.4) is 0 Å². The lowest BCUT2D eigenvalue weighted by Gasteiger charge is -2.38. The maximum absolute atomic E-state index is 6.59. The lowest BCUT2D eigenvalue weighted by molar-refractivity contribution is 0.223. The van der Waals surface area contributed by atoms with E-state index in [0.717, 1.165) is 38.2 Å². The van der Waals surface area contributed by atoms with E-state index < -0.39 is 0 Å². The molecule has 6 nitrogen and oxygen atoms in total. The van der Waals surface area contributed by atoms with Crippen LogP contribution in [-0.4, -0.2) is 19.7 Å². The van der Waals surface area contributed by atoms with Gasteiger partial charge in [0.15, 0.2) is 0 Å². The third-order valence-corrected chi connectivity index (χ3v) is 5.97. The van der Waals surface area contributed by atoms with E-state index in [1.807, 2.05) is 47.3 Å². The van der Waals surface area contributed by atoms with Gasteiger partial charge in [0.2, 0.25) is 5.95 Å². The molecule has 4 heterocycles. The average Bonchev–Trinajstić information content (AvgIpc) is 3.26. The Bertz CT molecular complexity index is 1280. The van der Waals surface area contributed by atoms with Crippen molar-refractivity contribution in [3.8, 4) is 5.75 Å². The Hall–Kier alpha value is -3.45. The molecule has 2 aliphatic rings. The van der Waals surface area contributed by atoms with Crippen molar-refractivity contribution in [1.82, 2.24) is 19.7 Å². The van der Waals surface area contributed by atoms with Gasteiger partial charge in [-0.25, -0.2) is 4.68 Å². The molecule has 146 valence electrons. The number of nitrogens with one attached hydrogen (secondary N) is 1. The van der Waals surface area contributed by atoms with Crippen LogP contribution < -0.4 is 10.1 Å². The second-order valence-electron chi connectivity index (χ2n) is 7.22. The van der Waals surface area contributed by atoms with Crippen molar-refractivity contribution in [2.75, 3.05) is 5.32 Å². The van der Waals surface area contributed by atoms with E-state index in [4.69, 9.17) is 4.74 Å². The molecule has 0 radical (unpaired) electrons. The van der Waals surface area contributed by atoms with Crippen LogP contribution in [-0.2, 0) is 0 Å². The number of benzene rings is 2. The van der Waals surface area contributed by atoms with E-state index in [0.29, 0.717) is 5.95 Å². The maximum Gasteiger partial charge on any atom is 0.226 e. The van der Waals surface area contributed by atoms with Crippen LogP contribution >= 0.6 is 15.9 Å². The molecule has 2 aromatic heterocycles. The van der Waals surface area contributed by atoms with Gasteiger partial charge in [-0.3, -0.25) is 4.98 Å². The predicted octanol–water partition coefficient (Wildman–Crippen LogP) is 5.00. The van der Waals surface area contributed by atoms with E-state index in [2.05, 4.69) is 60.6 Å². The number of nitrogens with zero attached hydrogens (tertiary/aromatic N) is 4. The first kappa shape index (κ1) is 17.4. The van der Waals surface area contributed by atoms with Crippen LogP contribution in [0.4, 0.5) is 5.95 Å². The third kappa shape index (κ3) is 2.66. The monoisotopic (exact) mass is 457 g/mol. The zero-order valence-electron chi connectivity index (χ0n) is 15.7. The molecule has 1 N–H and O–H groups in total. The summed E-state index contributed by atoms with van der Waals surface area (Å²) < 4.78 is 9.49. The molecule has 6 rings (SSSR count). The van der Waals surface area contributed by atoms with Crippen LogP contribution in [0.5, 0.6) is 5.75 Å². The fourth-order valence-electron chi connectivity index (χ4n) is 4.22. The number of aromatic nitrogens is 4. The van der Waals surface area contributed by atoms with Gasteiger partial charge in [-0.2, -0.15) is 10.1 Å². The fourth-order valence-corrected chi connectivity index (χ4v) is 4.64. The number of hydrogen-bond acceptors (Lipinski definition) is 5. The molecule has 4 aromatic rings. The van der Waals surface area contributed by atoms with Gasteiger partial charge in [0.1, 0.15) is 24.2 Å². The first-order valence-corrected chi connectivity index (χ1v) is 10.4. The molecule has 2 aliphatic heterocycles. The summed E-state index contributed by atoms with van der Waals surface area (Å²) in [6, 6.07) is 20.1. The lowest BCUT2D eigenvalue weighted by Crippen LogP contribution is -2.32. The van der Waals surface area contributed by atoms with Crippen LogP contribution in [0.1, 0.15) is 28.8 Å². The third-order valence-electron chi connectivity index (χ3n) is 5.47. The Labute approximate surface area is 181 Å². The number of halogens is 1. The summed E-state index contributed by atoms with van der Waals surface area (Å²) in [7, 11) is 0. The van der Waals surface area contributed by atoms with Gasteiger partial charge in [0, 0.05) is 28.0 Å². The average molecular weight is 458 g/mol. The molecule has 0 saturated carbocycles. The smallest absolute Gasteiger partial charge is 0.226 e. The zero-order valence-corrected chi connectivity index (χ0v) is 17.3. The van der Waals surface area contributed by atoms with E-state index in [1.54, 1.807) is 12.5 Å². The SMILES string of the molecule is Brc1cccc(C2Oc3ccccc3C3=C2C(c2cccnc2)n2ncnc2N3)c1. The molecule has 0 aliphatic carbocycles. The number of fused-ring (bicyclic) bond motifs is 3. The number of para-hydroxylation sites is 1. The van der Waals surface area contributed by atoms with Crippen molar-refractivity contribution in [2.45, 2.75) is 12.1 Å². The number of rotatable bonds is 2. The second kappa shape index (κ2) is 6.81. The van der Waals surface area contributed by atoms with E-state index in [9.17, 15) is 0 Å². The topological polar surface area (TPSA) is 64.9 Å². The Morgan fingerprint density at radius 1 is 1.00 bits per heavy atom. The van der Waals surface area contributed by atoms with E-state index >= 15 is 0 Å². The molecule has 2 atom stereocenters. The summed E-state index contributed by atoms with van der Waals surface area (Å²) in [5.41, 5.74) is 5.20. The summed E-state index contributed by atoms with van der Waals surface area (Å²) >= 11 is 3.60. The van der Waals surface area contributed by atoms with Gasteiger partial charge >= 0.3 is 0 Å². The molecule has 0 spiro atoms. The normalized spacial score (nSPS) is 19.2. The quantitative estimate of drug-likeness (QED) is 0.458. The van der Waals surface area contributed by atoms with Gasteiger partial charge < -0.3 is 10.1 Å². The molecular weight excluding hydrogens is 442 g/mol. The molecule has 0 saturated heterocycles. The summed E-state index contributed by atoms with van der Waals surface area (Å²) in [5, 5.41) is 8.03. The summed E-state index contributed by atoms with van der Waals surface area (Å²) in [4.78, 5) is 8.80. The van der Waals surface area contributed by atoms with Gasteiger partial charge in [-0.05, 0) is 41.5 Å². The van der Waals surface area contributed by atoms with Crippen LogP contribution in [0, 0.1) is 0 Å². The molecule has 2 unspecified atom stereocenters. The number of ether oxygens (including phenoxy) is 1. The number of anilines is 1. The Morgan fingerprint density at radius 3 is 2.77 bits per heavy atom. The summed E-state index contributed by atoms with van der Waals surface area (Å²) in [6.07, 6.45) is 4.94. The van der Waals surface area contributed by atoms with Crippen molar-refractivity contribution < 1.29 is 4.74 Å². The van der Waals surface area contributed by atoms with Gasteiger partial charge in [0.25, 0.3) is 0 Å². The van der Waals surface area contributed by atoms with Crippen molar-refractivity contribution in [3.05, 3.63) is 106 Å². The molecule has 0 fully saturated rings. The lowest BCUT2D eigenvalue weighted by atomic mass is 9.85. The Kier molecular flexibility index (Phi) is 3.95. The van der Waals surface area contributed by atoms with Crippen molar-refractivity contribution >= 4 is 27.6 Å². The van der Waals surface area contributed by atoms with Gasteiger partial charge in [-0.1, -0.05) is 46.3 Å². The Balaban J connectivity index is 1.64. The first-order valence-electron chi connectivity index (χ1n) is 9.61. The summed E-state index contributed by atoms with van der Waals surface area (Å²) in [6.45, 7) is 0. The second-order valence-corrected chi connectivity index (χ2v) is 8.14. The Morgan fingerprint density at radius 2 is 1.90 bits per heavy atom. The highest BCUT2D eigenvalue weighted by molar-refractivity contribution is 9.10. The highest BCUT2D eigenvalue weighted by atomic mass is 79.9. The minimum Gasteiger partial charge on any atom is -0.480 e. The molecule has 0 amide bonds. The highest BCUT2D eigenvalue weighted by Gasteiger charge is 2.40.